The molecule has 1 aliphatic carbocycles. The second-order valence-corrected chi connectivity index (χ2v) is 8.26. The standard InChI is InChI=1S/C19H22N2O3S/c22-18(19(11-12-19)17-9-5-2-6-10-17)20-13-14-25(23,24)21-15-16-7-3-1-4-8-16/h1-10,21H,11-15H2,(H,20,22). The molecule has 0 bridgehead atoms. The molecule has 2 aromatic carbocycles. The van der Waals surface area contributed by atoms with E-state index in [0.29, 0.717) is 0 Å². The Morgan fingerprint density at radius 3 is 2.16 bits per heavy atom. The zero-order valence-corrected chi connectivity index (χ0v) is 14.8. The van der Waals surface area contributed by atoms with Gasteiger partial charge in [-0.2, -0.15) is 0 Å². The predicted octanol–water partition coefficient (Wildman–Crippen LogP) is 1.95. The van der Waals surface area contributed by atoms with Gasteiger partial charge in [-0.15, -0.1) is 0 Å². The molecular weight excluding hydrogens is 336 g/mol. The maximum atomic E-state index is 12.5. The van der Waals surface area contributed by atoms with E-state index < -0.39 is 15.4 Å². The van der Waals surface area contributed by atoms with Crippen LogP contribution in [0.1, 0.15) is 24.0 Å². The lowest BCUT2D eigenvalue weighted by Gasteiger charge is -2.16. The Balaban J connectivity index is 1.48. The zero-order valence-electron chi connectivity index (χ0n) is 13.9. The highest BCUT2D eigenvalue weighted by Gasteiger charge is 2.50. The van der Waals surface area contributed by atoms with Crippen molar-refractivity contribution in [2.45, 2.75) is 24.8 Å². The van der Waals surface area contributed by atoms with Gasteiger partial charge in [0, 0.05) is 13.1 Å². The van der Waals surface area contributed by atoms with E-state index in [1.807, 2.05) is 60.7 Å². The Bertz CT molecular complexity index is 816. The maximum absolute atomic E-state index is 12.5. The van der Waals surface area contributed by atoms with Crippen LogP contribution in [0, 0.1) is 0 Å². The third kappa shape index (κ3) is 4.46. The Hall–Kier alpha value is -2.18. The van der Waals surface area contributed by atoms with Crippen molar-refractivity contribution in [3.05, 3.63) is 71.8 Å². The first-order chi connectivity index (χ1) is 12.0. The van der Waals surface area contributed by atoms with Gasteiger partial charge >= 0.3 is 0 Å². The molecule has 0 atom stereocenters. The van der Waals surface area contributed by atoms with E-state index in [9.17, 15) is 13.2 Å². The third-order valence-electron chi connectivity index (χ3n) is 4.51. The van der Waals surface area contributed by atoms with Gasteiger partial charge in [-0.25, -0.2) is 13.1 Å². The van der Waals surface area contributed by atoms with E-state index in [4.69, 9.17) is 0 Å². The quantitative estimate of drug-likeness (QED) is 0.757. The Morgan fingerprint density at radius 2 is 1.56 bits per heavy atom. The van der Waals surface area contributed by atoms with Crippen LogP contribution in [0.25, 0.3) is 0 Å². The van der Waals surface area contributed by atoms with Crippen molar-refractivity contribution in [2.24, 2.45) is 0 Å². The molecule has 2 N–H and O–H groups in total. The van der Waals surface area contributed by atoms with Crippen LogP contribution < -0.4 is 10.0 Å². The Labute approximate surface area is 148 Å². The van der Waals surface area contributed by atoms with Crippen molar-refractivity contribution in [1.29, 1.82) is 0 Å². The van der Waals surface area contributed by atoms with Gasteiger partial charge in [0.15, 0.2) is 0 Å². The van der Waals surface area contributed by atoms with Gasteiger partial charge in [0.2, 0.25) is 15.9 Å². The van der Waals surface area contributed by atoms with Gasteiger partial charge in [-0.1, -0.05) is 60.7 Å². The Morgan fingerprint density at radius 1 is 0.960 bits per heavy atom. The van der Waals surface area contributed by atoms with Crippen LogP contribution >= 0.6 is 0 Å². The molecule has 0 radical (unpaired) electrons. The molecule has 0 heterocycles. The van der Waals surface area contributed by atoms with Crippen LogP contribution in [0.5, 0.6) is 0 Å². The summed E-state index contributed by atoms with van der Waals surface area (Å²) in [7, 11) is -3.43. The van der Waals surface area contributed by atoms with Crippen LogP contribution in [0.3, 0.4) is 0 Å². The number of rotatable bonds is 8. The largest absolute Gasteiger partial charge is 0.354 e. The number of carbonyl (C=O) groups is 1. The number of nitrogens with one attached hydrogen (secondary N) is 2. The molecule has 3 rings (SSSR count). The molecule has 1 aliphatic rings. The normalized spacial score (nSPS) is 15.5. The molecule has 1 fully saturated rings. The van der Waals surface area contributed by atoms with Crippen LogP contribution in [0.2, 0.25) is 0 Å². The van der Waals surface area contributed by atoms with Crippen LogP contribution in [0.4, 0.5) is 0 Å². The number of benzene rings is 2. The summed E-state index contributed by atoms with van der Waals surface area (Å²) in [6, 6.07) is 19.0. The fourth-order valence-electron chi connectivity index (χ4n) is 2.86. The lowest BCUT2D eigenvalue weighted by atomic mass is 9.95. The molecule has 1 saturated carbocycles. The van der Waals surface area contributed by atoms with Crippen molar-refractivity contribution in [3.8, 4) is 0 Å². The van der Waals surface area contributed by atoms with Crippen molar-refractivity contribution in [3.63, 3.8) is 0 Å². The van der Waals surface area contributed by atoms with Crippen LogP contribution in [0.15, 0.2) is 60.7 Å². The fraction of sp³-hybridized carbons (Fsp3) is 0.316. The molecule has 0 aromatic heterocycles. The SMILES string of the molecule is O=C(NCCS(=O)(=O)NCc1ccccc1)C1(c2ccccc2)CC1. The van der Waals surface area contributed by atoms with E-state index in [2.05, 4.69) is 10.0 Å². The number of carbonyl (C=O) groups excluding carboxylic acids is 1. The summed E-state index contributed by atoms with van der Waals surface area (Å²) in [6.45, 7) is 0.364. The molecule has 2 aromatic rings. The first-order valence-electron chi connectivity index (χ1n) is 8.37. The summed E-state index contributed by atoms with van der Waals surface area (Å²) in [5, 5.41) is 2.78. The smallest absolute Gasteiger partial charge is 0.230 e. The first kappa shape index (κ1) is 17.6. The highest BCUT2D eigenvalue weighted by molar-refractivity contribution is 7.89. The average molecular weight is 358 g/mol. The summed E-state index contributed by atoms with van der Waals surface area (Å²) in [5.41, 5.74) is 1.43. The average Bonchev–Trinajstić information content (AvgIpc) is 3.44. The highest BCUT2D eigenvalue weighted by Crippen LogP contribution is 2.48. The minimum atomic E-state index is -3.43. The molecule has 1 amide bonds. The van der Waals surface area contributed by atoms with Gasteiger partial charge in [0.05, 0.1) is 11.2 Å². The van der Waals surface area contributed by atoms with Gasteiger partial charge in [-0.3, -0.25) is 4.79 Å². The molecule has 25 heavy (non-hydrogen) atoms. The molecule has 0 aliphatic heterocycles. The van der Waals surface area contributed by atoms with Crippen LogP contribution in [-0.2, 0) is 26.8 Å². The second-order valence-electron chi connectivity index (χ2n) is 6.33. The summed E-state index contributed by atoms with van der Waals surface area (Å²) in [6.07, 6.45) is 1.61. The number of amides is 1. The predicted molar refractivity (Wildman–Crippen MR) is 97.4 cm³/mol. The third-order valence-corrected chi connectivity index (χ3v) is 5.83. The van der Waals surface area contributed by atoms with E-state index >= 15 is 0 Å². The van der Waals surface area contributed by atoms with Gasteiger partial charge < -0.3 is 5.32 Å². The molecular formula is C19H22N2O3S. The monoisotopic (exact) mass is 358 g/mol. The van der Waals surface area contributed by atoms with Gasteiger partial charge in [0.1, 0.15) is 0 Å². The summed E-state index contributed by atoms with van der Waals surface area (Å²) in [5.74, 6) is -0.215. The summed E-state index contributed by atoms with van der Waals surface area (Å²) >= 11 is 0. The molecule has 6 heteroatoms. The van der Waals surface area contributed by atoms with Crippen molar-refractivity contribution in [2.75, 3.05) is 12.3 Å². The first-order valence-corrected chi connectivity index (χ1v) is 10.0. The second kappa shape index (κ2) is 7.37. The Kier molecular flexibility index (Phi) is 5.20. The minimum Gasteiger partial charge on any atom is -0.354 e. The maximum Gasteiger partial charge on any atom is 0.230 e. The summed E-state index contributed by atoms with van der Waals surface area (Å²) in [4.78, 5) is 12.5. The van der Waals surface area contributed by atoms with Crippen molar-refractivity contribution in [1.82, 2.24) is 10.0 Å². The van der Waals surface area contributed by atoms with E-state index in [1.165, 1.54) is 0 Å². The van der Waals surface area contributed by atoms with E-state index in [0.717, 1.165) is 24.0 Å². The number of sulfonamides is 1. The lowest BCUT2D eigenvalue weighted by Crippen LogP contribution is -2.39. The zero-order chi connectivity index (χ0) is 17.8. The van der Waals surface area contributed by atoms with Gasteiger partial charge in [0.25, 0.3) is 0 Å². The highest BCUT2D eigenvalue weighted by atomic mass is 32.2. The van der Waals surface area contributed by atoms with Crippen LogP contribution in [-0.4, -0.2) is 26.6 Å². The number of hydrogen-bond donors (Lipinski definition) is 2. The lowest BCUT2D eigenvalue weighted by molar-refractivity contribution is -0.123. The molecule has 0 spiro atoms. The minimum absolute atomic E-state index is 0.0861. The van der Waals surface area contributed by atoms with Crippen molar-refractivity contribution < 1.29 is 13.2 Å². The molecule has 0 unspecified atom stereocenters. The fourth-order valence-corrected chi connectivity index (χ4v) is 3.76. The molecule has 132 valence electrons. The van der Waals surface area contributed by atoms with Crippen molar-refractivity contribution >= 4 is 15.9 Å². The van der Waals surface area contributed by atoms with Gasteiger partial charge in [-0.05, 0) is 24.0 Å². The molecule has 5 nitrogen and oxygen atoms in total. The van der Waals surface area contributed by atoms with E-state index in [-0.39, 0.29) is 24.7 Å². The molecule has 0 saturated heterocycles. The topological polar surface area (TPSA) is 75.3 Å². The number of hydrogen-bond acceptors (Lipinski definition) is 3. The van der Waals surface area contributed by atoms with E-state index in [1.54, 1.807) is 0 Å². The summed E-state index contributed by atoms with van der Waals surface area (Å²) < 4.78 is 26.7.